The van der Waals surface area contributed by atoms with Crippen LogP contribution in [0, 0.1) is 0 Å². The van der Waals surface area contributed by atoms with Gasteiger partial charge >= 0.3 is 0 Å². The summed E-state index contributed by atoms with van der Waals surface area (Å²) in [6.07, 6.45) is 0.588. The lowest BCUT2D eigenvalue weighted by atomic mass is 10.2. The third-order valence-corrected chi connectivity index (χ3v) is 2.89. The van der Waals surface area contributed by atoms with Crippen molar-refractivity contribution in [2.45, 2.75) is 26.4 Å². The van der Waals surface area contributed by atoms with Crippen molar-refractivity contribution in [1.82, 2.24) is 10.1 Å². The van der Waals surface area contributed by atoms with Crippen LogP contribution in [0.3, 0.4) is 0 Å². The second kappa shape index (κ2) is 6.38. The van der Waals surface area contributed by atoms with Crippen LogP contribution in [0.25, 0.3) is 11.5 Å². The van der Waals surface area contributed by atoms with Crippen LogP contribution in [0.15, 0.2) is 22.7 Å². The Bertz CT molecular complexity index is 568. The molecule has 2 aromatic rings. The molecule has 1 aromatic heterocycles. The zero-order valence-electron chi connectivity index (χ0n) is 11.8. The second-order valence-corrected chi connectivity index (χ2v) is 4.20. The van der Waals surface area contributed by atoms with E-state index in [0.717, 1.165) is 6.42 Å². The molecule has 0 aliphatic heterocycles. The first kappa shape index (κ1) is 14.3. The van der Waals surface area contributed by atoms with Gasteiger partial charge in [-0.2, -0.15) is 4.98 Å². The first-order chi connectivity index (χ1) is 9.69. The summed E-state index contributed by atoms with van der Waals surface area (Å²) in [5, 5.41) is 13.7. The fourth-order valence-electron chi connectivity index (χ4n) is 1.88. The lowest BCUT2D eigenvalue weighted by molar-refractivity contribution is 0.0518. The molecule has 1 unspecified atom stereocenters. The molecule has 1 heterocycles. The zero-order valence-corrected chi connectivity index (χ0v) is 11.8. The standard InChI is InChI=1S/C14H18N2O4/c1-4-11(19-5-2)13-15-14(20-16-13)9-6-7-12(18-3)10(17)8-9/h6-8,11,17H,4-5H2,1-3H3. The minimum absolute atomic E-state index is 0.0293. The van der Waals surface area contributed by atoms with E-state index in [0.29, 0.717) is 29.6 Å². The van der Waals surface area contributed by atoms with Gasteiger partial charge in [0.15, 0.2) is 11.5 Å². The summed E-state index contributed by atoms with van der Waals surface area (Å²) in [6.45, 7) is 4.51. The van der Waals surface area contributed by atoms with Crippen molar-refractivity contribution in [3.8, 4) is 23.0 Å². The number of methoxy groups -OCH3 is 1. The van der Waals surface area contributed by atoms with Crippen molar-refractivity contribution in [2.24, 2.45) is 0 Å². The predicted octanol–water partition coefficient (Wildman–Crippen LogP) is 2.94. The van der Waals surface area contributed by atoms with E-state index in [1.807, 2.05) is 13.8 Å². The maximum Gasteiger partial charge on any atom is 0.258 e. The third kappa shape index (κ3) is 2.91. The Morgan fingerprint density at radius 1 is 1.35 bits per heavy atom. The zero-order chi connectivity index (χ0) is 14.5. The maximum atomic E-state index is 9.76. The van der Waals surface area contributed by atoms with E-state index in [-0.39, 0.29) is 11.9 Å². The number of aromatic nitrogens is 2. The van der Waals surface area contributed by atoms with Gasteiger partial charge in [0.05, 0.1) is 7.11 Å². The Morgan fingerprint density at radius 3 is 2.75 bits per heavy atom. The molecule has 0 aliphatic carbocycles. The maximum absolute atomic E-state index is 9.76. The monoisotopic (exact) mass is 278 g/mol. The fraction of sp³-hybridized carbons (Fsp3) is 0.429. The minimum Gasteiger partial charge on any atom is -0.504 e. The van der Waals surface area contributed by atoms with Crippen molar-refractivity contribution in [2.75, 3.05) is 13.7 Å². The number of phenolic OH excluding ortho intramolecular Hbond substituents is 1. The van der Waals surface area contributed by atoms with Crippen LogP contribution in [0.4, 0.5) is 0 Å². The van der Waals surface area contributed by atoms with Gasteiger partial charge in [-0.25, -0.2) is 0 Å². The molecule has 0 fully saturated rings. The van der Waals surface area contributed by atoms with Crippen molar-refractivity contribution in [3.05, 3.63) is 24.0 Å². The highest BCUT2D eigenvalue weighted by atomic mass is 16.5. The number of hydrogen-bond acceptors (Lipinski definition) is 6. The summed E-state index contributed by atoms with van der Waals surface area (Å²) in [4.78, 5) is 4.31. The summed E-state index contributed by atoms with van der Waals surface area (Å²) in [5.74, 6) is 1.28. The minimum atomic E-state index is -0.177. The largest absolute Gasteiger partial charge is 0.504 e. The summed E-state index contributed by atoms with van der Waals surface area (Å²) in [7, 11) is 1.49. The molecule has 20 heavy (non-hydrogen) atoms. The van der Waals surface area contributed by atoms with Gasteiger partial charge in [-0.05, 0) is 31.5 Å². The topological polar surface area (TPSA) is 77.6 Å². The van der Waals surface area contributed by atoms with E-state index in [1.165, 1.54) is 13.2 Å². The Labute approximate surface area is 117 Å². The average molecular weight is 278 g/mol. The molecule has 1 N–H and O–H groups in total. The van der Waals surface area contributed by atoms with E-state index in [9.17, 15) is 5.11 Å². The van der Waals surface area contributed by atoms with Crippen LogP contribution in [0.1, 0.15) is 32.2 Å². The molecule has 1 atom stereocenters. The van der Waals surface area contributed by atoms with E-state index < -0.39 is 0 Å². The van der Waals surface area contributed by atoms with E-state index in [1.54, 1.807) is 12.1 Å². The van der Waals surface area contributed by atoms with Gasteiger partial charge in [0.1, 0.15) is 6.10 Å². The van der Waals surface area contributed by atoms with Crippen LogP contribution in [-0.4, -0.2) is 29.0 Å². The van der Waals surface area contributed by atoms with Crippen LogP contribution in [-0.2, 0) is 4.74 Å². The van der Waals surface area contributed by atoms with Crippen molar-refractivity contribution >= 4 is 0 Å². The van der Waals surface area contributed by atoms with Crippen LogP contribution < -0.4 is 4.74 Å². The molecule has 1 aromatic carbocycles. The molecule has 6 heteroatoms. The van der Waals surface area contributed by atoms with Crippen LogP contribution in [0.2, 0.25) is 0 Å². The molecule has 0 spiro atoms. The van der Waals surface area contributed by atoms with Gasteiger partial charge in [-0.15, -0.1) is 0 Å². The predicted molar refractivity (Wildman–Crippen MR) is 72.6 cm³/mol. The van der Waals surface area contributed by atoms with Gasteiger partial charge in [0.25, 0.3) is 5.89 Å². The molecule has 0 bridgehead atoms. The number of rotatable bonds is 6. The van der Waals surface area contributed by atoms with Crippen LogP contribution >= 0.6 is 0 Å². The van der Waals surface area contributed by atoms with Gasteiger partial charge in [-0.1, -0.05) is 12.1 Å². The molecule has 6 nitrogen and oxygen atoms in total. The highest BCUT2D eigenvalue weighted by molar-refractivity contribution is 5.59. The number of phenols is 1. The number of ether oxygens (including phenoxy) is 2. The Morgan fingerprint density at radius 2 is 2.15 bits per heavy atom. The Hall–Kier alpha value is -2.08. The molecule has 0 saturated heterocycles. The highest BCUT2D eigenvalue weighted by Crippen LogP contribution is 2.31. The summed E-state index contributed by atoms with van der Waals surface area (Å²) >= 11 is 0. The summed E-state index contributed by atoms with van der Waals surface area (Å²) < 4.78 is 15.7. The molecule has 0 radical (unpaired) electrons. The Balaban J connectivity index is 2.26. The molecular weight excluding hydrogens is 260 g/mol. The SMILES string of the molecule is CCOC(CC)c1noc(-c2ccc(OC)c(O)c2)n1. The molecule has 0 aliphatic rings. The first-order valence-electron chi connectivity index (χ1n) is 6.52. The lowest BCUT2D eigenvalue weighted by Gasteiger charge is -2.09. The number of aromatic hydroxyl groups is 1. The van der Waals surface area contributed by atoms with Crippen molar-refractivity contribution in [3.63, 3.8) is 0 Å². The normalized spacial score (nSPS) is 12.3. The number of nitrogens with zero attached hydrogens (tertiary/aromatic N) is 2. The Kier molecular flexibility index (Phi) is 4.57. The van der Waals surface area contributed by atoms with Gasteiger partial charge in [-0.3, -0.25) is 0 Å². The van der Waals surface area contributed by atoms with E-state index in [4.69, 9.17) is 14.0 Å². The highest BCUT2D eigenvalue weighted by Gasteiger charge is 2.18. The average Bonchev–Trinajstić information content (AvgIpc) is 2.94. The molecule has 2 rings (SSSR count). The van der Waals surface area contributed by atoms with E-state index >= 15 is 0 Å². The lowest BCUT2D eigenvalue weighted by Crippen LogP contribution is -2.04. The smallest absolute Gasteiger partial charge is 0.258 e. The quantitative estimate of drug-likeness (QED) is 0.875. The van der Waals surface area contributed by atoms with Crippen molar-refractivity contribution in [1.29, 1.82) is 0 Å². The number of hydrogen-bond donors (Lipinski definition) is 1. The van der Waals surface area contributed by atoms with Crippen LogP contribution in [0.5, 0.6) is 11.5 Å². The molecule has 0 saturated carbocycles. The first-order valence-corrected chi connectivity index (χ1v) is 6.52. The number of benzene rings is 1. The second-order valence-electron chi connectivity index (χ2n) is 4.20. The van der Waals surface area contributed by atoms with Crippen molar-refractivity contribution < 1.29 is 19.1 Å². The summed E-state index contributed by atoms with van der Waals surface area (Å²) in [5.41, 5.74) is 0.633. The third-order valence-electron chi connectivity index (χ3n) is 2.89. The molecule has 108 valence electrons. The molecular formula is C14H18N2O4. The summed E-state index contributed by atoms with van der Waals surface area (Å²) in [6, 6.07) is 4.92. The van der Waals surface area contributed by atoms with Gasteiger partial charge < -0.3 is 19.1 Å². The van der Waals surface area contributed by atoms with Gasteiger partial charge in [0.2, 0.25) is 5.82 Å². The fourth-order valence-corrected chi connectivity index (χ4v) is 1.88. The molecule has 0 amide bonds. The van der Waals surface area contributed by atoms with E-state index in [2.05, 4.69) is 10.1 Å². The van der Waals surface area contributed by atoms with Gasteiger partial charge in [0, 0.05) is 12.2 Å².